The Kier molecular flexibility index (Phi) is 5.41. The van der Waals surface area contributed by atoms with E-state index in [4.69, 9.17) is 15.7 Å². The zero-order valence-electron chi connectivity index (χ0n) is 11.1. The minimum Gasteiger partial charge on any atom is -0.491 e. The van der Waals surface area contributed by atoms with E-state index in [9.17, 15) is 14.5 Å². The molecule has 0 spiro atoms. The molecule has 0 aliphatic rings. The number of nitro benzene ring substituents is 1. The van der Waals surface area contributed by atoms with Crippen LogP contribution in [-0.4, -0.2) is 17.1 Å². The van der Waals surface area contributed by atoms with E-state index in [0.717, 1.165) is 6.07 Å². The molecule has 108 valence electrons. The topological polar surface area (TPSA) is 102 Å². The second-order valence-electron chi connectivity index (χ2n) is 4.71. The molecule has 0 heterocycles. The number of nitrogens with zero attached hydrogens (tertiary/aromatic N) is 2. The lowest BCUT2D eigenvalue weighted by molar-refractivity contribution is -0.385. The molecule has 0 aliphatic heterocycles. The van der Waals surface area contributed by atoms with E-state index in [1.807, 2.05) is 6.07 Å². The Bertz CT molecular complexity index is 526. The molecule has 0 fully saturated rings. The predicted octanol–water partition coefficient (Wildman–Crippen LogP) is 2.52. The number of nitrogens with two attached hydrogens (primary N) is 1. The summed E-state index contributed by atoms with van der Waals surface area (Å²) in [4.78, 5) is 9.78. The molecule has 0 saturated heterocycles. The van der Waals surface area contributed by atoms with E-state index in [0.29, 0.717) is 19.3 Å². The fourth-order valence-corrected chi connectivity index (χ4v) is 1.55. The highest BCUT2D eigenvalue weighted by Crippen LogP contribution is 2.22. The van der Waals surface area contributed by atoms with Crippen molar-refractivity contribution in [2.75, 3.05) is 6.61 Å². The minimum atomic E-state index is -0.862. The van der Waals surface area contributed by atoms with Crippen LogP contribution >= 0.6 is 0 Å². The van der Waals surface area contributed by atoms with Crippen molar-refractivity contribution in [1.29, 1.82) is 5.26 Å². The Hall–Kier alpha value is -2.20. The van der Waals surface area contributed by atoms with Crippen LogP contribution in [0.15, 0.2) is 18.2 Å². The number of rotatable bonds is 7. The molecule has 0 aromatic heterocycles. The van der Waals surface area contributed by atoms with Crippen LogP contribution in [0, 0.1) is 27.3 Å². The van der Waals surface area contributed by atoms with Gasteiger partial charge in [-0.25, -0.2) is 4.39 Å². The molecule has 0 saturated carbocycles. The standard InChI is InChI=1S/C13H16FN3O3/c1-13(16,9-15)6-2-3-7-20-12-5-4-10(17(18)19)8-11(12)14/h4-5,8H,2-3,6-7,16H2,1H3. The molecule has 2 N–H and O–H groups in total. The summed E-state index contributed by atoms with van der Waals surface area (Å²) in [6.07, 6.45) is 1.82. The summed E-state index contributed by atoms with van der Waals surface area (Å²) in [6.45, 7) is 1.90. The number of hydrogen-bond acceptors (Lipinski definition) is 5. The monoisotopic (exact) mass is 281 g/mol. The van der Waals surface area contributed by atoms with Gasteiger partial charge in [0.05, 0.1) is 23.7 Å². The van der Waals surface area contributed by atoms with Crippen LogP contribution in [0.5, 0.6) is 5.75 Å². The van der Waals surface area contributed by atoms with Gasteiger partial charge in [0.2, 0.25) is 0 Å². The lowest BCUT2D eigenvalue weighted by Crippen LogP contribution is -2.33. The van der Waals surface area contributed by atoms with Gasteiger partial charge >= 0.3 is 0 Å². The number of nitriles is 1. The molecule has 20 heavy (non-hydrogen) atoms. The average Bonchev–Trinajstić information content (AvgIpc) is 2.39. The average molecular weight is 281 g/mol. The van der Waals surface area contributed by atoms with Crippen LogP contribution in [-0.2, 0) is 0 Å². The van der Waals surface area contributed by atoms with Gasteiger partial charge < -0.3 is 10.5 Å². The fourth-order valence-electron chi connectivity index (χ4n) is 1.55. The SMILES string of the molecule is CC(N)(C#N)CCCCOc1ccc([N+](=O)[O-])cc1F. The Morgan fingerprint density at radius 1 is 1.55 bits per heavy atom. The maximum atomic E-state index is 13.5. The van der Waals surface area contributed by atoms with Gasteiger partial charge in [-0.2, -0.15) is 5.26 Å². The second kappa shape index (κ2) is 6.82. The zero-order valence-corrected chi connectivity index (χ0v) is 11.1. The largest absolute Gasteiger partial charge is 0.491 e. The van der Waals surface area contributed by atoms with Gasteiger partial charge in [0.15, 0.2) is 11.6 Å². The van der Waals surface area contributed by atoms with E-state index in [1.165, 1.54) is 12.1 Å². The van der Waals surface area contributed by atoms with E-state index >= 15 is 0 Å². The first kappa shape index (κ1) is 15.9. The van der Waals surface area contributed by atoms with Crippen LogP contribution in [0.2, 0.25) is 0 Å². The zero-order chi connectivity index (χ0) is 15.2. The number of ether oxygens (including phenoxy) is 1. The van der Waals surface area contributed by atoms with Gasteiger partial charge in [0.1, 0.15) is 5.54 Å². The molecular weight excluding hydrogens is 265 g/mol. The molecule has 1 aromatic rings. The summed E-state index contributed by atoms with van der Waals surface area (Å²) in [5.41, 5.74) is 4.47. The molecule has 1 unspecified atom stereocenters. The normalized spacial score (nSPS) is 13.3. The van der Waals surface area contributed by atoms with Crippen molar-refractivity contribution in [1.82, 2.24) is 0 Å². The third-order valence-electron chi connectivity index (χ3n) is 2.73. The molecule has 0 radical (unpaired) electrons. The molecule has 1 rings (SSSR count). The molecule has 0 amide bonds. The predicted molar refractivity (Wildman–Crippen MR) is 70.6 cm³/mol. The first-order valence-electron chi connectivity index (χ1n) is 6.12. The van der Waals surface area contributed by atoms with E-state index in [2.05, 4.69) is 0 Å². The van der Waals surface area contributed by atoms with Crippen molar-refractivity contribution in [3.8, 4) is 11.8 Å². The molecule has 1 aromatic carbocycles. The van der Waals surface area contributed by atoms with E-state index < -0.39 is 16.3 Å². The highest BCUT2D eigenvalue weighted by molar-refractivity contribution is 5.37. The maximum absolute atomic E-state index is 13.5. The maximum Gasteiger partial charge on any atom is 0.272 e. The van der Waals surface area contributed by atoms with Gasteiger partial charge in [-0.3, -0.25) is 10.1 Å². The highest BCUT2D eigenvalue weighted by atomic mass is 19.1. The Labute approximate surface area is 116 Å². The summed E-state index contributed by atoms with van der Waals surface area (Å²) in [6, 6.07) is 5.23. The van der Waals surface area contributed by atoms with Gasteiger partial charge in [0.25, 0.3) is 5.69 Å². The summed E-state index contributed by atoms with van der Waals surface area (Å²) < 4.78 is 18.7. The molecule has 0 bridgehead atoms. The van der Waals surface area contributed by atoms with Crippen LogP contribution in [0.25, 0.3) is 0 Å². The molecule has 6 nitrogen and oxygen atoms in total. The summed E-state index contributed by atoms with van der Waals surface area (Å²) >= 11 is 0. The van der Waals surface area contributed by atoms with Crippen molar-refractivity contribution in [2.45, 2.75) is 31.7 Å². The van der Waals surface area contributed by atoms with Crippen molar-refractivity contribution in [2.24, 2.45) is 5.73 Å². The highest BCUT2D eigenvalue weighted by Gasteiger charge is 2.16. The van der Waals surface area contributed by atoms with Crippen LogP contribution in [0.4, 0.5) is 10.1 Å². The van der Waals surface area contributed by atoms with E-state index in [1.54, 1.807) is 6.92 Å². The smallest absolute Gasteiger partial charge is 0.272 e. The number of benzene rings is 1. The minimum absolute atomic E-state index is 0.0219. The molecule has 7 heteroatoms. The van der Waals surface area contributed by atoms with Gasteiger partial charge in [0, 0.05) is 6.07 Å². The number of nitro groups is 1. The first-order chi connectivity index (χ1) is 9.35. The molecular formula is C13H16FN3O3. The van der Waals surface area contributed by atoms with Crippen molar-refractivity contribution in [3.63, 3.8) is 0 Å². The first-order valence-corrected chi connectivity index (χ1v) is 6.12. The molecule has 1 atom stereocenters. The molecule has 0 aliphatic carbocycles. The summed E-state index contributed by atoms with van der Waals surface area (Å²) in [5, 5.41) is 19.2. The summed E-state index contributed by atoms with van der Waals surface area (Å²) in [5.74, 6) is -0.786. The van der Waals surface area contributed by atoms with Crippen LogP contribution in [0.3, 0.4) is 0 Å². The second-order valence-corrected chi connectivity index (χ2v) is 4.71. The van der Waals surface area contributed by atoms with Crippen LogP contribution in [0.1, 0.15) is 26.2 Å². The lowest BCUT2D eigenvalue weighted by Gasteiger charge is -2.14. The van der Waals surface area contributed by atoms with Crippen molar-refractivity contribution >= 4 is 5.69 Å². The quantitative estimate of drug-likeness (QED) is 0.470. The van der Waals surface area contributed by atoms with Gasteiger partial charge in [-0.15, -0.1) is 0 Å². The number of non-ortho nitro benzene ring substituents is 1. The van der Waals surface area contributed by atoms with Crippen LogP contribution < -0.4 is 10.5 Å². The van der Waals surface area contributed by atoms with Crippen molar-refractivity contribution < 1.29 is 14.1 Å². The Morgan fingerprint density at radius 3 is 2.80 bits per heavy atom. The fraction of sp³-hybridized carbons (Fsp3) is 0.462. The lowest BCUT2D eigenvalue weighted by atomic mass is 9.98. The third kappa shape index (κ3) is 4.82. The number of halogens is 1. The Morgan fingerprint density at radius 2 is 2.25 bits per heavy atom. The number of unbranched alkanes of at least 4 members (excludes halogenated alkanes) is 1. The van der Waals surface area contributed by atoms with Crippen molar-refractivity contribution in [3.05, 3.63) is 34.1 Å². The van der Waals surface area contributed by atoms with Gasteiger partial charge in [-0.1, -0.05) is 0 Å². The third-order valence-corrected chi connectivity index (χ3v) is 2.73. The van der Waals surface area contributed by atoms with E-state index in [-0.39, 0.29) is 18.0 Å². The Balaban J connectivity index is 2.40. The summed E-state index contributed by atoms with van der Waals surface area (Å²) in [7, 11) is 0. The van der Waals surface area contributed by atoms with Gasteiger partial charge in [-0.05, 0) is 32.3 Å². The number of hydrogen-bond donors (Lipinski definition) is 1.